The number of allylic oxidation sites excluding steroid dienone is 2. The van der Waals surface area contributed by atoms with Gasteiger partial charge in [-0.3, -0.25) is 0 Å². The van der Waals surface area contributed by atoms with Crippen LogP contribution in [0.15, 0.2) is 48.0 Å². The van der Waals surface area contributed by atoms with Crippen molar-refractivity contribution in [3.8, 4) is 16.9 Å². The predicted octanol–water partition coefficient (Wildman–Crippen LogP) is 7.05. The number of ether oxygens (including phenoxy) is 1. The van der Waals surface area contributed by atoms with Gasteiger partial charge in [-0.25, -0.2) is 0 Å². The summed E-state index contributed by atoms with van der Waals surface area (Å²) in [5, 5.41) is 0. The largest absolute Gasteiger partial charge is 0.497 e. The molecular formula is C25H30O. The first kappa shape index (κ1) is 17.4. The fraction of sp³-hybridized carbons (Fsp3) is 0.440. The zero-order valence-electron chi connectivity index (χ0n) is 16.2. The molecule has 1 atom stereocenters. The Balaban J connectivity index is 1.49. The molecule has 2 aromatic carbocycles. The second-order valence-electron chi connectivity index (χ2n) is 7.96. The monoisotopic (exact) mass is 346 g/mol. The first-order valence-corrected chi connectivity index (χ1v) is 10.3. The van der Waals surface area contributed by atoms with Gasteiger partial charge in [0.1, 0.15) is 5.75 Å². The molecule has 4 rings (SSSR count). The summed E-state index contributed by atoms with van der Waals surface area (Å²) < 4.78 is 5.28. The summed E-state index contributed by atoms with van der Waals surface area (Å²) in [4.78, 5) is 0. The molecule has 0 amide bonds. The molecule has 1 unspecified atom stereocenters. The summed E-state index contributed by atoms with van der Waals surface area (Å²) in [5.74, 6) is 1.84. The van der Waals surface area contributed by atoms with Crippen molar-refractivity contribution in [2.75, 3.05) is 7.11 Å². The van der Waals surface area contributed by atoms with Crippen molar-refractivity contribution < 1.29 is 4.74 Å². The van der Waals surface area contributed by atoms with Crippen molar-refractivity contribution >= 4 is 5.57 Å². The Bertz CT molecular complexity index is 797. The molecular weight excluding hydrogens is 316 g/mol. The van der Waals surface area contributed by atoms with Gasteiger partial charge in [-0.15, -0.1) is 0 Å². The van der Waals surface area contributed by atoms with Gasteiger partial charge in [-0.1, -0.05) is 68.5 Å². The highest BCUT2D eigenvalue weighted by Crippen LogP contribution is 2.45. The highest BCUT2D eigenvalue weighted by Gasteiger charge is 2.28. The second-order valence-corrected chi connectivity index (χ2v) is 7.96. The van der Waals surface area contributed by atoms with Gasteiger partial charge in [0.15, 0.2) is 0 Å². The Kier molecular flexibility index (Phi) is 5.15. The molecule has 0 aromatic heterocycles. The lowest BCUT2D eigenvalue weighted by Gasteiger charge is -2.24. The lowest BCUT2D eigenvalue weighted by molar-refractivity contribution is 0.415. The lowest BCUT2D eigenvalue weighted by Crippen LogP contribution is -2.08. The van der Waals surface area contributed by atoms with Crippen LogP contribution in [0.25, 0.3) is 16.7 Å². The minimum Gasteiger partial charge on any atom is -0.497 e. The number of hydrogen-bond acceptors (Lipinski definition) is 1. The maximum absolute atomic E-state index is 5.28. The van der Waals surface area contributed by atoms with E-state index in [1.807, 2.05) is 12.1 Å². The molecule has 0 heterocycles. The first-order valence-electron chi connectivity index (χ1n) is 10.3. The lowest BCUT2D eigenvalue weighted by atomic mass is 9.81. The molecule has 0 aliphatic heterocycles. The Morgan fingerprint density at radius 1 is 1.00 bits per heavy atom. The Hall–Kier alpha value is -2.02. The van der Waals surface area contributed by atoms with Crippen LogP contribution in [0.1, 0.15) is 63.0 Å². The highest BCUT2D eigenvalue weighted by molar-refractivity contribution is 5.80. The topological polar surface area (TPSA) is 9.23 Å². The average Bonchev–Trinajstić information content (AvgIpc) is 3.05. The number of benzene rings is 2. The van der Waals surface area contributed by atoms with Crippen LogP contribution in [-0.4, -0.2) is 7.11 Å². The number of fused-ring (bicyclic) bond motifs is 2. The van der Waals surface area contributed by atoms with Gasteiger partial charge >= 0.3 is 0 Å². The van der Waals surface area contributed by atoms with Crippen LogP contribution in [0.4, 0.5) is 0 Å². The van der Waals surface area contributed by atoms with E-state index in [1.165, 1.54) is 73.6 Å². The van der Waals surface area contributed by atoms with Crippen molar-refractivity contribution in [2.45, 2.75) is 58.3 Å². The molecule has 2 aromatic rings. The van der Waals surface area contributed by atoms with Crippen LogP contribution >= 0.6 is 0 Å². The van der Waals surface area contributed by atoms with E-state index in [-0.39, 0.29) is 0 Å². The van der Waals surface area contributed by atoms with E-state index in [0.29, 0.717) is 0 Å². The molecule has 1 nitrogen and oxygen atoms in total. The number of rotatable bonds is 6. The average molecular weight is 347 g/mol. The number of unbranched alkanes of at least 4 members (excludes halogenated alkanes) is 2. The van der Waals surface area contributed by atoms with Gasteiger partial charge < -0.3 is 4.74 Å². The standard InChI is InChI=1S/C25H30O/c1-3-4-5-6-18-7-13-24-21(15-18)17-22-16-20(10-14-25(22)24)19-8-11-23(26-2)12-9-19/h8-12,14,16,18H,3-7,13,15,17H2,1-2H3. The zero-order valence-corrected chi connectivity index (χ0v) is 16.2. The van der Waals surface area contributed by atoms with Crippen molar-refractivity contribution in [1.29, 1.82) is 0 Å². The van der Waals surface area contributed by atoms with Gasteiger partial charge in [0.05, 0.1) is 7.11 Å². The van der Waals surface area contributed by atoms with Crippen LogP contribution < -0.4 is 4.74 Å². The Morgan fingerprint density at radius 2 is 1.81 bits per heavy atom. The van der Waals surface area contributed by atoms with Gasteiger partial charge in [-0.05, 0) is 71.6 Å². The minimum absolute atomic E-state index is 0.918. The summed E-state index contributed by atoms with van der Waals surface area (Å²) in [6.45, 7) is 2.30. The summed E-state index contributed by atoms with van der Waals surface area (Å²) >= 11 is 0. The molecule has 0 spiro atoms. The number of hydrogen-bond donors (Lipinski definition) is 0. The zero-order chi connectivity index (χ0) is 17.9. The maximum Gasteiger partial charge on any atom is 0.118 e. The predicted molar refractivity (Wildman–Crippen MR) is 111 cm³/mol. The van der Waals surface area contributed by atoms with E-state index in [1.54, 1.807) is 18.3 Å². The molecule has 0 saturated carbocycles. The minimum atomic E-state index is 0.918. The van der Waals surface area contributed by atoms with E-state index in [2.05, 4.69) is 37.3 Å². The summed E-state index contributed by atoms with van der Waals surface area (Å²) in [6.07, 6.45) is 10.8. The molecule has 0 radical (unpaired) electrons. The third kappa shape index (κ3) is 3.45. The highest BCUT2D eigenvalue weighted by atomic mass is 16.5. The molecule has 0 saturated heterocycles. The quantitative estimate of drug-likeness (QED) is 0.509. The van der Waals surface area contributed by atoms with Crippen LogP contribution in [0.5, 0.6) is 5.75 Å². The normalized spacial score (nSPS) is 18.6. The molecule has 0 fully saturated rings. The van der Waals surface area contributed by atoms with E-state index in [0.717, 1.165) is 11.7 Å². The van der Waals surface area contributed by atoms with Gasteiger partial charge in [0.2, 0.25) is 0 Å². The van der Waals surface area contributed by atoms with E-state index >= 15 is 0 Å². The van der Waals surface area contributed by atoms with Crippen molar-refractivity contribution in [1.82, 2.24) is 0 Å². The molecule has 136 valence electrons. The third-order valence-corrected chi connectivity index (χ3v) is 6.24. The van der Waals surface area contributed by atoms with Gasteiger partial charge in [-0.2, -0.15) is 0 Å². The third-order valence-electron chi connectivity index (χ3n) is 6.24. The molecule has 2 aliphatic carbocycles. The van der Waals surface area contributed by atoms with Crippen LogP contribution in [0.2, 0.25) is 0 Å². The van der Waals surface area contributed by atoms with E-state index in [4.69, 9.17) is 4.74 Å². The first-order chi connectivity index (χ1) is 12.8. The maximum atomic E-state index is 5.28. The molecule has 0 N–H and O–H groups in total. The SMILES string of the molecule is CCCCCC1CCC2=C(Cc3cc(-c4ccc(OC)cc4)ccc32)C1. The second kappa shape index (κ2) is 7.70. The smallest absolute Gasteiger partial charge is 0.118 e. The summed E-state index contributed by atoms with van der Waals surface area (Å²) in [5.41, 5.74) is 9.08. The van der Waals surface area contributed by atoms with Gasteiger partial charge in [0, 0.05) is 0 Å². The van der Waals surface area contributed by atoms with Gasteiger partial charge in [0.25, 0.3) is 0 Å². The molecule has 26 heavy (non-hydrogen) atoms. The van der Waals surface area contributed by atoms with E-state index in [9.17, 15) is 0 Å². The summed E-state index contributed by atoms with van der Waals surface area (Å²) in [7, 11) is 1.72. The van der Waals surface area contributed by atoms with E-state index < -0.39 is 0 Å². The Morgan fingerprint density at radius 3 is 2.58 bits per heavy atom. The van der Waals surface area contributed by atoms with Crippen LogP contribution in [0.3, 0.4) is 0 Å². The number of methoxy groups -OCH3 is 1. The van der Waals surface area contributed by atoms with Crippen LogP contribution in [-0.2, 0) is 6.42 Å². The van der Waals surface area contributed by atoms with Crippen molar-refractivity contribution in [3.63, 3.8) is 0 Å². The Labute approximate surface area is 158 Å². The molecule has 0 bridgehead atoms. The fourth-order valence-electron chi connectivity index (χ4n) is 4.76. The van der Waals surface area contributed by atoms with Crippen LogP contribution in [0, 0.1) is 5.92 Å². The molecule has 1 heteroatoms. The van der Waals surface area contributed by atoms with Crippen molar-refractivity contribution in [2.24, 2.45) is 5.92 Å². The molecule has 2 aliphatic rings. The summed E-state index contributed by atoms with van der Waals surface area (Å²) in [6, 6.07) is 15.5. The van der Waals surface area contributed by atoms with Crippen molar-refractivity contribution in [3.05, 3.63) is 59.2 Å². The fourth-order valence-corrected chi connectivity index (χ4v) is 4.76.